The van der Waals surface area contributed by atoms with Gasteiger partial charge in [-0.05, 0) is 24.0 Å². The quantitative estimate of drug-likeness (QED) is 0.871. The van der Waals surface area contributed by atoms with Gasteiger partial charge in [0.25, 0.3) is 0 Å². The number of amides is 1. The summed E-state index contributed by atoms with van der Waals surface area (Å²) >= 11 is 0. The maximum Gasteiger partial charge on any atom is 0.220 e. The molecule has 4 heteroatoms. The second kappa shape index (κ2) is 7.17. The summed E-state index contributed by atoms with van der Waals surface area (Å²) in [5, 5.41) is 2.95. The van der Waals surface area contributed by atoms with Gasteiger partial charge in [-0.25, -0.2) is 0 Å². The molecule has 1 rings (SSSR count). The third-order valence-corrected chi connectivity index (χ3v) is 2.95. The molecule has 0 aromatic heterocycles. The molecule has 0 fully saturated rings. The molecule has 0 atom stereocenters. The fourth-order valence-electron chi connectivity index (χ4n) is 1.87. The first-order valence-corrected chi connectivity index (χ1v) is 6.84. The number of carbonyl (C=O) groups is 1. The number of hydrogen-bond donors (Lipinski definition) is 1. The number of carbonyl (C=O) groups excluding carboxylic acids is 1. The summed E-state index contributed by atoms with van der Waals surface area (Å²) in [4.78, 5) is 11.9. The highest BCUT2D eigenvalue weighted by Gasteiger charge is 2.14. The summed E-state index contributed by atoms with van der Waals surface area (Å²) in [5.41, 5.74) is 1.03. The number of hydrogen-bond acceptors (Lipinski definition) is 3. The van der Waals surface area contributed by atoms with Gasteiger partial charge in [-0.2, -0.15) is 0 Å². The molecule has 0 heterocycles. The van der Waals surface area contributed by atoms with Gasteiger partial charge >= 0.3 is 0 Å². The average molecular weight is 279 g/mol. The highest BCUT2D eigenvalue weighted by atomic mass is 16.5. The molecular weight excluding hydrogens is 254 g/mol. The summed E-state index contributed by atoms with van der Waals surface area (Å²) in [6, 6.07) is 5.64. The Morgan fingerprint density at radius 3 is 2.15 bits per heavy atom. The molecule has 0 bridgehead atoms. The molecule has 0 aliphatic heterocycles. The first kappa shape index (κ1) is 16.3. The van der Waals surface area contributed by atoms with E-state index in [9.17, 15) is 4.79 Å². The van der Waals surface area contributed by atoms with Crippen LogP contribution in [0.3, 0.4) is 0 Å². The third-order valence-electron chi connectivity index (χ3n) is 2.95. The Morgan fingerprint density at radius 1 is 1.15 bits per heavy atom. The van der Waals surface area contributed by atoms with Crippen molar-refractivity contribution in [2.45, 2.75) is 33.6 Å². The molecule has 1 N–H and O–H groups in total. The van der Waals surface area contributed by atoms with Gasteiger partial charge in [0.1, 0.15) is 11.5 Å². The molecule has 0 aliphatic rings. The van der Waals surface area contributed by atoms with E-state index in [-0.39, 0.29) is 11.3 Å². The lowest BCUT2D eigenvalue weighted by atomic mass is 9.97. The number of nitrogens with one attached hydrogen (secondary N) is 1. The van der Waals surface area contributed by atoms with Crippen molar-refractivity contribution in [2.24, 2.45) is 5.41 Å². The zero-order valence-corrected chi connectivity index (χ0v) is 13.1. The predicted molar refractivity (Wildman–Crippen MR) is 80.3 cm³/mol. The number of benzene rings is 1. The number of methoxy groups -OCH3 is 2. The molecule has 1 aromatic carbocycles. The second-order valence-corrected chi connectivity index (χ2v) is 5.98. The van der Waals surface area contributed by atoms with Crippen molar-refractivity contribution in [1.82, 2.24) is 5.32 Å². The topological polar surface area (TPSA) is 47.6 Å². The van der Waals surface area contributed by atoms with Gasteiger partial charge in [0.05, 0.1) is 14.2 Å². The summed E-state index contributed by atoms with van der Waals surface area (Å²) in [6.07, 6.45) is 1.02. The highest BCUT2D eigenvalue weighted by Crippen LogP contribution is 2.29. The fraction of sp³-hybridized carbons (Fsp3) is 0.562. The van der Waals surface area contributed by atoms with E-state index in [2.05, 4.69) is 26.1 Å². The van der Waals surface area contributed by atoms with Gasteiger partial charge in [-0.3, -0.25) is 4.79 Å². The number of rotatable bonds is 6. The van der Waals surface area contributed by atoms with Crippen molar-refractivity contribution >= 4 is 5.91 Å². The van der Waals surface area contributed by atoms with E-state index in [4.69, 9.17) is 9.47 Å². The standard InChI is InChI=1S/C16H25NO3/c1-16(2,3)11-17-15(18)10-9-12-13(19-4)7-6-8-14(12)20-5/h6-8H,9-11H2,1-5H3,(H,17,18). The number of ether oxygens (including phenoxy) is 2. The lowest BCUT2D eigenvalue weighted by Gasteiger charge is -2.19. The summed E-state index contributed by atoms with van der Waals surface area (Å²) in [7, 11) is 3.25. The van der Waals surface area contributed by atoms with Crippen molar-refractivity contribution in [3.8, 4) is 11.5 Å². The van der Waals surface area contributed by atoms with E-state index in [1.165, 1.54) is 0 Å². The van der Waals surface area contributed by atoms with Gasteiger partial charge < -0.3 is 14.8 Å². The van der Waals surface area contributed by atoms with Gasteiger partial charge in [-0.1, -0.05) is 26.8 Å². The maximum atomic E-state index is 11.9. The lowest BCUT2D eigenvalue weighted by molar-refractivity contribution is -0.121. The normalized spacial score (nSPS) is 11.1. The molecule has 1 amide bonds. The van der Waals surface area contributed by atoms with Crippen LogP contribution in [-0.4, -0.2) is 26.7 Å². The molecule has 0 radical (unpaired) electrons. The SMILES string of the molecule is COc1cccc(OC)c1CCC(=O)NCC(C)(C)C. The van der Waals surface area contributed by atoms with Gasteiger partial charge in [0.2, 0.25) is 5.91 Å². The van der Waals surface area contributed by atoms with E-state index in [1.54, 1.807) is 14.2 Å². The zero-order valence-electron chi connectivity index (χ0n) is 13.1. The van der Waals surface area contributed by atoms with E-state index in [1.807, 2.05) is 18.2 Å². The van der Waals surface area contributed by atoms with Crippen LogP contribution in [0.1, 0.15) is 32.8 Å². The summed E-state index contributed by atoms with van der Waals surface area (Å²) < 4.78 is 10.6. The smallest absolute Gasteiger partial charge is 0.220 e. The van der Waals surface area contributed by atoms with E-state index >= 15 is 0 Å². The Labute approximate surface area is 121 Å². The predicted octanol–water partition coefficient (Wildman–Crippen LogP) is 2.80. The summed E-state index contributed by atoms with van der Waals surface area (Å²) in [5.74, 6) is 1.56. The second-order valence-electron chi connectivity index (χ2n) is 5.98. The first-order valence-electron chi connectivity index (χ1n) is 6.84. The fourth-order valence-corrected chi connectivity index (χ4v) is 1.87. The Bertz CT molecular complexity index is 427. The minimum atomic E-state index is 0.0490. The monoisotopic (exact) mass is 279 g/mol. The van der Waals surface area contributed by atoms with Crippen LogP contribution in [0.2, 0.25) is 0 Å². The highest BCUT2D eigenvalue weighted by molar-refractivity contribution is 5.76. The maximum absolute atomic E-state index is 11.9. The van der Waals surface area contributed by atoms with Crippen molar-refractivity contribution < 1.29 is 14.3 Å². The molecular formula is C16H25NO3. The van der Waals surface area contributed by atoms with Crippen LogP contribution in [0, 0.1) is 5.41 Å². The van der Waals surface area contributed by atoms with Crippen molar-refractivity contribution in [2.75, 3.05) is 20.8 Å². The molecule has 1 aromatic rings. The molecule has 0 saturated heterocycles. The minimum absolute atomic E-state index is 0.0490. The van der Waals surface area contributed by atoms with E-state index in [0.717, 1.165) is 17.1 Å². The Hall–Kier alpha value is -1.71. The van der Waals surface area contributed by atoms with Gasteiger partial charge in [0, 0.05) is 18.5 Å². The van der Waals surface area contributed by atoms with Crippen molar-refractivity contribution in [3.63, 3.8) is 0 Å². The Balaban J connectivity index is 2.63. The molecule has 0 aliphatic carbocycles. The largest absolute Gasteiger partial charge is 0.496 e. The molecule has 0 saturated carbocycles. The van der Waals surface area contributed by atoms with Crippen LogP contribution in [-0.2, 0) is 11.2 Å². The molecule has 0 spiro atoms. The van der Waals surface area contributed by atoms with E-state index < -0.39 is 0 Å². The first-order chi connectivity index (χ1) is 9.37. The lowest BCUT2D eigenvalue weighted by Crippen LogP contribution is -2.32. The average Bonchev–Trinajstić information content (AvgIpc) is 2.41. The third kappa shape index (κ3) is 5.11. The molecule has 112 valence electrons. The van der Waals surface area contributed by atoms with Crippen molar-refractivity contribution in [1.29, 1.82) is 0 Å². The zero-order chi connectivity index (χ0) is 15.2. The Kier molecular flexibility index (Phi) is 5.86. The van der Waals surface area contributed by atoms with Gasteiger partial charge in [-0.15, -0.1) is 0 Å². The molecule has 4 nitrogen and oxygen atoms in total. The van der Waals surface area contributed by atoms with E-state index in [0.29, 0.717) is 19.4 Å². The van der Waals surface area contributed by atoms with Gasteiger partial charge in [0.15, 0.2) is 0 Å². The van der Waals surface area contributed by atoms with Crippen LogP contribution < -0.4 is 14.8 Å². The molecule has 0 unspecified atom stereocenters. The summed E-state index contributed by atoms with van der Waals surface area (Å²) in [6.45, 7) is 6.96. The molecule has 20 heavy (non-hydrogen) atoms. The minimum Gasteiger partial charge on any atom is -0.496 e. The van der Waals surface area contributed by atoms with Crippen LogP contribution in [0.4, 0.5) is 0 Å². The van der Waals surface area contributed by atoms with Crippen LogP contribution >= 0.6 is 0 Å². The Morgan fingerprint density at radius 2 is 1.70 bits per heavy atom. The van der Waals surface area contributed by atoms with Crippen molar-refractivity contribution in [3.05, 3.63) is 23.8 Å². The van der Waals surface area contributed by atoms with Crippen LogP contribution in [0.15, 0.2) is 18.2 Å². The van der Waals surface area contributed by atoms with Crippen LogP contribution in [0.25, 0.3) is 0 Å². The van der Waals surface area contributed by atoms with Crippen LogP contribution in [0.5, 0.6) is 11.5 Å².